The van der Waals surface area contributed by atoms with Crippen molar-refractivity contribution in [3.8, 4) is 17.2 Å². The molecular weight excluding hydrogens is 276 g/mol. The molecule has 1 atom stereocenters. The fourth-order valence-electron chi connectivity index (χ4n) is 2.03. The Bertz CT molecular complexity index is 526. The topological polar surface area (TPSA) is 47.9 Å². The second-order valence-electron chi connectivity index (χ2n) is 4.26. The quantitative estimate of drug-likeness (QED) is 0.889. The van der Waals surface area contributed by atoms with Crippen molar-refractivity contribution in [2.45, 2.75) is 12.5 Å². The Morgan fingerprint density at radius 1 is 1.10 bits per heavy atom. The highest BCUT2D eigenvalue weighted by Gasteiger charge is 2.17. The van der Waals surface area contributed by atoms with Crippen LogP contribution in [0.3, 0.4) is 0 Å². The summed E-state index contributed by atoms with van der Waals surface area (Å²) in [5.74, 6) is 1.63. The molecule has 1 aromatic heterocycles. The first kappa shape index (κ1) is 14.7. The minimum atomic E-state index is -0.609. The zero-order valence-corrected chi connectivity index (χ0v) is 12.6. The molecule has 5 heteroatoms. The van der Waals surface area contributed by atoms with Crippen molar-refractivity contribution < 1.29 is 19.3 Å². The van der Waals surface area contributed by atoms with Gasteiger partial charge in [0.05, 0.1) is 27.4 Å². The molecule has 4 nitrogen and oxygen atoms in total. The Kier molecular flexibility index (Phi) is 4.87. The van der Waals surface area contributed by atoms with Crippen molar-refractivity contribution in [3.63, 3.8) is 0 Å². The van der Waals surface area contributed by atoms with Crippen LogP contribution in [0.1, 0.15) is 16.5 Å². The fraction of sp³-hybridized carbons (Fsp3) is 0.333. The minimum Gasteiger partial charge on any atom is -0.493 e. The van der Waals surface area contributed by atoms with Crippen molar-refractivity contribution in [2.75, 3.05) is 21.3 Å². The molecule has 108 valence electrons. The van der Waals surface area contributed by atoms with Gasteiger partial charge in [0, 0.05) is 11.3 Å². The standard InChI is InChI=1S/C15H18O4S/c1-17-13-7-10(8-14(18-2)15(13)19-3)12(16)9-11-5-4-6-20-11/h4-8,12,16H,9H2,1-3H3. The Hall–Kier alpha value is -1.72. The smallest absolute Gasteiger partial charge is 0.203 e. The maximum absolute atomic E-state index is 10.4. The van der Waals surface area contributed by atoms with Gasteiger partial charge in [-0.3, -0.25) is 0 Å². The van der Waals surface area contributed by atoms with E-state index in [9.17, 15) is 5.11 Å². The van der Waals surface area contributed by atoms with E-state index in [1.165, 1.54) is 0 Å². The molecule has 0 aliphatic rings. The molecule has 20 heavy (non-hydrogen) atoms. The summed E-state index contributed by atoms with van der Waals surface area (Å²) < 4.78 is 15.9. The molecule has 2 rings (SSSR count). The van der Waals surface area contributed by atoms with E-state index in [-0.39, 0.29) is 0 Å². The van der Waals surface area contributed by atoms with Crippen LogP contribution in [0, 0.1) is 0 Å². The van der Waals surface area contributed by atoms with Crippen molar-refractivity contribution in [3.05, 3.63) is 40.1 Å². The van der Waals surface area contributed by atoms with Crippen LogP contribution in [0.5, 0.6) is 17.2 Å². The predicted molar refractivity (Wildman–Crippen MR) is 79.1 cm³/mol. The van der Waals surface area contributed by atoms with E-state index in [0.717, 1.165) is 10.4 Å². The maximum Gasteiger partial charge on any atom is 0.203 e. The average molecular weight is 294 g/mol. The number of aliphatic hydroxyl groups is 1. The lowest BCUT2D eigenvalue weighted by Crippen LogP contribution is -2.03. The molecule has 0 spiro atoms. The summed E-state index contributed by atoms with van der Waals surface area (Å²) in [4.78, 5) is 1.13. The summed E-state index contributed by atoms with van der Waals surface area (Å²) in [6.45, 7) is 0. The summed E-state index contributed by atoms with van der Waals surface area (Å²) in [7, 11) is 4.68. The van der Waals surface area contributed by atoms with Crippen LogP contribution in [0.4, 0.5) is 0 Å². The van der Waals surface area contributed by atoms with Gasteiger partial charge in [-0.2, -0.15) is 0 Å². The third-order valence-corrected chi connectivity index (χ3v) is 3.95. The molecule has 1 N–H and O–H groups in total. The van der Waals surface area contributed by atoms with Gasteiger partial charge in [0.25, 0.3) is 0 Å². The van der Waals surface area contributed by atoms with Gasteiger partial charge in [-0.1, -0.05) is 6.07 Å². The highest BCUT2D eigenvalue weighted by Crippen LogP contribution is 2.40. The van der Waals surface area contributed by atoms with E-state index < -0.39 is 6.10 Å². The fourth-order valence-corrected chi connectivity index (χ4v) is 2.77. The number of thiophene rings is 1. The summed E-state index contributed by atoms with van der Waals surface area (Å²) in [5, 5.41) is 12.3. The third kappa shape index (κ3) is 3.05. The van der Waals surface area contributed by atoms with Crippen LogP contribution in [0.25, 0.3) is 0 Å². The maximum atomic E-state index is 10.4. The normalized spacial score (nSPS) is 12.0. The summed E-state index contributed by atoms with van der Waals surface area (Å²) in [5.41, 5.74) is 0.743. The minimum absolute atomic E-state index is 0.530. The molecule has 1 aromatic carbocycles. The zero-order chi connectivity index (χ0) is 14.5. The number of methoxy groups -OCH3 is 3. The van der Waals surface area contributed by atoms with Gasteiger partial charge in [0.1, 0.15) is 0 Å². The molecule has 0 aliphatic heterocycles. The van der Waals surface area contributed by atoms with Crippen LogP contribution < -0.4 is 14.2 Å². The SMILES string of the molecule is COc1cc(C(O)Cc2cccs2)cc(OC)c1OC. The lowest BCUT2D eigenvalue weighted by molar-refractivity contribution is 0.178. The number of hydrogen-bond acceptors (Lipinski definition) is 5. The van der Waals surface area contributed by atoms with Crippen LogP contribution in [-0.2, 0) is 6.42 Å². The Labute approximate surface area is 122 Å². The first-order valence-electron chi connectivity index (χ1n) is 6.20. The monoisotopic (exact) mass is 294 g/mol. The lowest BCUT2D eigenvalue weighted by Gasteiger charge is -2.16. The second kappa shape index (κ2) is 6.63. The highest BCUT2D eigenvalue weighted by atomic mass is 32.1. The van der Waals surface area contributed by atoms with Crippen molar-refractivity contribution in [1.29, 1.82) is 0 Å². The van der Waals surface area contributed by atoms with E-state index in [0.29, 0.717) is 23.7 Å². The number of benzene rings is 1. The van der Waals surface area contributed by atoms with Gasteiger partial charge < -0.3 is 19.3 Å². The number of ether oxygens (including phenoxy) is 3. The molecule has 0 bridgehead atoms. The van der Waals surface area contributed by atoms with E-state index in [1.54, 1.807) is 44.8 Å². The first-order valence-corrected chi connectivity index (χ1v) is 7.08. The first-order chi connectivity index (χ1) is 9.69. The Morgan fingerprint density at radius 3 is 2.20 bits per heavy atom. The van der Waals surface area contributed by atoms with E-state index in [4.69, 9.17) is 14.2 Å². The van der Waals surface area contributed by atoms with Crippen LogP contribution in [-0.4, -0.2) is 26.4 Å². The Balaban J connectivity index is 2.31. The van der Waals surface area contributed by atoms with Crippen molar-refractivity contribution >= 4 is 11.3 Å². The number of aliphatic hydroxyl groups excluding tert-OH is 1. The van der Waals surface area contributed by atoms with Crippen LogP contribution >= 0.6 is 11.3 Å². The molecule has 1 unspecified atom stereocenters. The highest BCUT2D eigenvalue weighted by molar-refractivity contribution is 7.09. The van der Waals surface area contributed by atoms with E-state index in [2.05, 4.69) is 0 Å². The average Bonchev–Trinajstić information content (AvgIpc) is 2.98. The predicted octanol–water partition coefficient (Wildman–Crippen LogP) is 3.05. The largest absolute Gasteiger partial charge is 0.493 e. The molecular formula is C15H18O4S. The molecule has 0 saturated carbocycles. The molecule has 0 saturated heterocycles. The molecule has 1 heterocycles. The Morgan fingerprint density at radius 2 is 1.75 bits per heavy atom. The molecule has 0 aliphatic carbocycles. The lowest BCUT2D eigenvalue weighted by atomic mass is 10.0. The molecule has 2 aromatic rings. The van der Waals surface area contributed by atoms with Crippen LogP contribution in [0.15, 0.2) is 29.6 Å². The van der Waals surface area contributed by atoms with Crippen molar-refractivity contribution in [1.82, 2.24) is 0 Å². The van der Waals surface area contributed by atoms with E-state index >= 15 is 0 Å². The van der Waals surface area contributed by atoms with Gasteiger partial charge >= 0.3 is 0 Å². The van der Waals surface area contributed by atoms with Crippen molar-refractivity contribution in [2.24, 2.45) is 0 Å². The van der Waals surface area contributed by atoms with Crippen LogP contribution in [0.2, 0.25) is 0 Å². The number of hydrogen-bond donors (Lipinski definition) is 1. The summed E-state index contributed by atoms with van der Waals surface area (Å²) in [6, 6.07) is 7.53. The molecule has 0 radical (unpaired) electrons. The van der Waals surface area contributed by atoms with E-state index in [1.807, 2.05) is 17.5 Å². The van der Waals surface area contributed by atoms with Gasteiger partial charge in [0.2, 0.25) is 5.75 Å². The second-order valence-corrected chi connectivity index (χ2v) is 5.29. The summed E-state index contributed by atoms with van der Waals surface area (Å²) >= 11 is 1.63. The van der Waals surface area contributed by atoms with Gasteiger partial charge in [0.15, 0.2) is 11.5 Å². The zero-order valence-electron chi connectivity index (χ0n) is 11.8. The number of rotatable bonds is 6. The summed E-state index contributed by atoms with van der Waals surface area (Å²) in [6.07, 6.45) is -0.0432. The molecule has 0 fully saturated rings. The van der Waals surface area contributed by atoms with Gasteiger partial charge in [-0.15, -0.1) is 11.3 Å². The van der Waals surface area contributed by atoms with Gasteiger partial charge in [-0.05, 0) is 29.1 Å². The third-order valence-electron chi connectivity index (χ3n) is 3.05. The molecule has 0 amide bonds. The van der Waals surface area contributed by atoms with Gasteiger partial charge in [-0.25, -0.2) is 0 Å².